The van der Waals surface area contributed by atoms with Crippen LogP contribution in [0.3, 0.4) is 0 Å². The zero-order chi connectivity index (χ0) is 16.3. The number of anilines is 1. The van der Waals surface area contributed by atoms with E-state index in [1.54, 1.807) is 4.90 Å². The first-order valence-corrected chi connectivity index (χ1v) is 7.88. The van der Waals surface area contributed by atoms with Gasteiger partial charge in [0.15, 0.2) is 0 Å². The minimum Gasteiger partial charge on any atom is -0.388 e. The number of likely N-dealkylation sites (N-methyl/N-ethyl adjacent to an activating group) is 1. The van der Waals surface area contributed by atoms with E-state index in [1.165, 1.54) is 11.1 Å². The Hall–Kier alpha value is -1.59. The normalized spacial score (nSPS) is 21.2. The number of benzene rings is 1. The molecule has 1 aliphatic heterocycles. The van der Waals surface area contributed by atoms with Gasteiger partial charge in [0.1, 0.15) is 0 Å². The highest BCUT2D eigenvalue weighted by Crippen LogP contribution is 2.23. The smallest absolute Gasteiger partial charge is 0.322 e. The van der Waals surface area contributed by atoms with E-state index >= 15 is 0 Å². The number of rotatable bonds is 4. The molecule has 5 heteroatoms. The molecule has 1 aromatic rings. The first kappa shape index (κ1) is 16.8. The van der Waals surface area contributed by atoms with Gasteiger partial charge in [0.25, 0.3) is 0 Å². The van der Waals surface area contributed by atoms with Gasteiger partial charge in [0.2, 0.25) is 0 Å². The molecule has 1 heterocycles. The van der Waals surface area contributed by atoms with Gasteiger partial charge in [-0.15, -0.1) is 0 Å². The molecule has 2 rings (SSSR count). The number of aliphatic hydroxyl groups excluding tert-OH is 1. The van der Waals surface area contributed by atoms with Gasteiger partial charge in [-0.2, -0.15) is 0 Å². The van der Waals surface area contributed by atoms with Crippen LogP contribution in [0.25, 0.3) is 0 Å². The number of ether oxygens (including phenoxy) is 1. The molecule has 1 fully saturated rings. The van der Waals surface area contributed by atoms with E-state index in [0.717, 1.165) is 5.69 Å². The van der Waals surface area contributed by atoms with Gasteiger partial charge >= 0.3 is 6.03 Å². The maximum absolute atomic E-state index is 12.5. The molecular formula is C17H26N2O3. The van der Waals surface area contributed by atoms with E-state index in [2.05, 4.69) is 26.1 Å². The summed E-state index contributed by atoms with van der Waals surface area (Å²) >= 11 is 0. The van der Waals surface area contributed by atoms with Crippen molar-refractivity contribution in [3.8, 4) is 0 Å². The maximum atomic E-state index is 12.5. The highest BCUT2D eigenvalue weighted by atomic mass is 16.5. The molecule has 2 N–H and O–H groups in total. The van der Waals surface area contributed by atoms with E-state index in [1.807, 2.05) is 25.1 Å². The van der Waals surface area contributed by atoms with Crippen molar-refractivity contribution >= 4 is 11.7 Å². The van der Waals surface area contributed by atoms with E-state index in [0.29, 0.717) is 19.1 Å². The minimum absolute atomic E-state index is 0.199. The largest absolute Gasteiger partial charge is 0.388 e. The van der Waals surface area contributed by atoms with E-state index in [4.69, 9.17) is 4.74 Å². The monoisotopic (exact) mass is 306 g/mol. The standard InChI is InChI=1S/C17H26N2O3/c1-5-19(15-9-22-10-16(15)20)17(21)18-13-7-6-12(4)14(8-13)11(2)3/h6-8,11,15-16,20H,5,9-10H2,1-4H3,(H,18,21)/t15-,16-/m0/s1. The van der Waals surface area contributed by atoms with Gasteiger partial charge in [-0.25, -0.2) is 4.79 Å². The lowest BCUT2D eigenvalue weighted by Gasteiger charge is -2.29. The fraction of sp³-hybridized carbons (Fsp3) is 0.588. The minimum atomic E-state index is -0.616. The first-order chi connectivity index (χ1) is 10.4. The summed E-state index contributed by atoms with van der Waals surface area (Å²) in [5.41, 5.74) is 3.23. The van der Waals surface area contributed by atoms with Crippen LogP contribution in [0.15, 0.2) is 18.2 Å². The Labute approximate surface area is 132 Å². The third-order valence-electron chi connectivity index (χ3n) is 4.18. The second-order valence-electron chi connectivity index (χ2n) is 6.11. The molecule has 0 saturated carbocycles. The summed E-state index contributed by atoms with van der Waals surface area (Å²) in [6.07, 6.45) is -0.616. The SMILES string of the molecule is CCN(C(=O)Nc1ccc(C)c(C(C)C)c1)[C@H]1COC[C@@H]1O. The van der Waals surface area contributed by atoms with E-state index in [9.17, 15) is 9.90 Å². The van der Waals surface area contributed by atoms with E-state index in [-0.39, 0.29) is 18.7 Å². The molecule has 0 bridgehead atoms. The Bertz CT molecular complexity index is 531. The van der Waals surface area contributed by atoms with Gasteiger partial charge in [-0.1, -0.05) is 19.9 Å². The number of urea groups is 1. The number of aryl methyl sites for hydroxylation is 1. The summed E-state index contributed by atoms with van der Waals surface area (Å²) in [5, 5.41) is 12.8. The van der Waals surface area contributed by atoms with Crippen LogP contribution in [0.5, 0.6) is 0 Å². The van der Waals surface area contributed by atoms with Crippen LogP contribution < -0.4 is 5.32 Å². The van der Waals surface area contributed by atoms with Gasteiger partial charge < -0.3 is 20.1 Å². The fourth-order valence-corrected chi connectivity index (χ4v) is 2.89. The summed E-state index contributed by atoms with van der Waals surface area (Å²) in [7, 11) is 0. The number of amides is 2. The molecule has 22 heavy (non-hydrogen) atoms. The predicted octanol–water partition coefficient (Wildman–Crippen LogP) is 2.73. The van der Waals surface area contributed by atoms with Crippen molar-refractivity contribution < 1.29 is 14.6 Å². The average Bonchev–Trinajstić information content (AvgIpc) is 2.88. The lowest BCUT2D eigenvalue weighted by Crippen LogP contribution is -2.48. The van der Waals surface area contributed by atoms with Crippen molar-refractivity contribution in [1.29, 1.82) is 0 Å². The van der Waals surface area contributed by atoms with Crippen molar-refractivity contribution in [3.63, 3.8) is 0 Å². The summed E-state index contributed by atoms with van der Waals surface area (Å²) < 4.78 is 5.25. The third-order valence-corrected chi connectivity index (χ3v) is 4.18. The van der Waals surface area contributed by atoms with Gasteiger partial charge in [0.05, 0.1) is 25.4 Å². The van der Waals surface area contributed by atoms with Crippen LogP contribution in [0, 0.1) is 6.92 Å². The first-order valence-electron chi connectivity index (χ1n) is 7.88. The van der Waals surface area contributed by atoms with Crippen LogP contribution >= 0.6 is 0 Å². The highest BCUT2D eigenvalue weighted by molar-refractivity contribution is 5.89. The van der Waals surface area contributed by atoms with Crippen LogP contribution in [0.2, 0.25) is 0 Å². The van der Waals surface area contributed by atoms with Crippen molar-refractivity contribution in [2.45, 2.75) is 45.8 Å². The molecular weight excluding hydrogens is 280 g/mol. The highest BCUT2D eigenvalue weighted by Gasteiger charge is 2.33. The van der Waals surface area contributed by atoms with Gasteiger partial charge in [-0.3, -0.25) is 0 Å². The molecule has 122 valence electrons. The maximum Gasteiger partial charge on any atom is 0.322 e. The third kappa shape index (κ3) is 3.59. The summed E-state index contributed by atoms with van der Waals surface area (Å²) in [4.78, 5) is 14.1. The Morgan fingerprint density at radius 2 is 2.18 bits per heavy atom. The molecule has 1 saturated heterocycles. The quantitative estimate of drug-likeness (QED) is 0.899. The van der Waals surface area contributed by atoms with Crippen LogP contribution in [0.1, 0.15) is 37.8 Å². The Morgan fingerprint density at radius 1 is 1.45 bits per heavy atom. The van der Waals surface area contributed by atoms with Crippen LogP contribution in [-0.4, -0.2) is 47.9 Å². The molecule has 0 aliphatic carbocycles. The number of hydrogen-bond acceptors (Lipinski definition) is 3. The average molecular weight is 306 g/mol. The molecule has 1 aromatic carbocycles. The fourth-order valence-electron chi connectivity index (χ4n) is 2.89. The van der Waals surface area contributed by atoms with Crippen molar-refractivity contribution in [3.05, 3.63) is 29.3 Å². The number of carbonyl (C=O) groups is 1. The van der Waals surface area contributed by atoms with Crippen molar-refractivity contribution in [2.75, 3.05) is 25.1 Å². The van der Waals surface area contributed by atoms with Crippen LogP contribution in [-0.2, 0) is 4.74 Å². The molecule has 1 aliphatic rings. The number of hydrogen-bond donors (Lipinski definition) is 2. The Balaban J connectivity index is 2.12. The second-order valence-corrected chi connectivity index (χ2v) is 6.11. The molecule has 0 radical (unpaired) electrons. The topological polar surface area (TPSA) is 61.8 Å². The Morgan fingerprint density at radius 3 is 2.73 bits per heavy atom. The van der Waals surface area contributed by atoms with Crippen molar-refractivity contribution in [1.82, 2.24) is 4.90 Å². The molecule has 0 spiro atoms. The number of nitrogens with zero attached hydrogens (tertiary/aromatic N) is 1. The lowest BCUT2D eigenvalue weighted by atomic mass is 9.97. The summed E-state index contributed by atoms with van der Waals surface area (Å²) in [6, 6.07) is 5.48. The van der Waals surface area contributed by atoms with Crippen LogP contribution in [0.4, 0.5) is 10.5 Å². The van der Waals surface area contributed by atoms with Gasteiger partial charge in [0, 0.05) is 12.2 Å². The van der Waals surface area contributed by atoms with Gasteiger partial charge in [-0.05, 0) is 43.0 Å². The summed E-state index contributed by atoms with van der Waals surface area (Å²) in [6.45, 7) is 9.45. The molecule has 2 atom stereocenters. The number of aliphatic hydroxyl groups is 1. The number of carbonyl (C=O) groups excluding carboxylic acids is 1. The van der Waals surface area contributed by atoms with Crippen molar-refractivity contribution in [2.24, 2.45) is 0 Å². The molecule has 5 nitrogen and oxygen atoms in total. The zero-order valence-electron chi connectivity index (χ0n) is 13.8. The number of nitrogens with one attached hydrogen (secondary N) is 1. The summed E-state index contributed by atoms with van der Waals surface area (Å²) in [5.74, 6) is 0.407. The molecule has 0 unspecified atom stereocenters. The second kappa shape index (κ2) is 7.11. The molecule has 0 aromatic heterocycles. The van der Waals surface area contributed by atoms with E-state index < -0.39 is 6.10 Å². The lowest BCUT2D eigenvalue weighted by molar-refractivity contribution is 0.1000. The molecule has 2 amide bonds. The Kier molecular flexibility index (Phi) is 5.42. The zero-order valence-corrected chi connectivity index (χ0v) is 13.8. The predicted molar refractivity (Wildman–Crippen MR) is 87.3 cm³/mol.